The number of nitriles is 1. The highest BCUT2D eigenvalue weighted by atomic mass is 32.2. The van der Waals surface area contributed by atoms with E-state index in [-0.39, 0.29) is 0 Å². The fourth-order valence-corrected chi connectivity index (χ4v) is 5.89. The van der Waals surface area contributed by atoms with Gasteiger partial charge < -0.3 is 4.57 Å². The van der Waals surface area contributed by atoms with Crippen molar-refractivity contribution in [2.45, 2.75) is 18.2 Å². The van der Waals surface area contributed by atoms with Crippen LogP contribution in [0.3, 0.4) is 0 Å². The highest BCUT2D eigenvalue weighted by Gasteiger charge is 2.13. The Labute approximate surface area is 189 Å². The predicted molar refractivity (Wildman–Crippen MR) is 132 cm³/mol. The molecule has 0 amide bonds. The SMILES string of the molecule is Cc1cc(/C=C(\C#N)Sc2nc3ccccc3s2)c(C)n1-c1cccc2ccccc12. The second-order valence-electron chi connectivity index (χ2n) is 7.33. The highest BCUT2D eigenvalue weighted by molar-refractivity contribution is 8.05. The van der Waals surface area contributed by atoms with E-state index in [2.05, 4.69) is 84.1 Å². The van der Waals surface area contributed by atoms with Crippen molar-refractivity contribution in [1.29, 1.82) is 5.26 Å². The summed E-state index contributed by atoms with van der Waals surface area (Å²) in [6.07, 6.45) is 1.97. The Morgan fingerprint density at radius 1 is 1.03 bits per heavy atom. The molecule has 5 heteroatoms. The van der Waals surface area contributed by atoms with Crippen molar-refractivity contribution in [2.24, 2.45) is 0 Å². The van der Waals surface area contributed by atoms with Crippen LogP contribution in [0.2, 0.25) is 0 Å². The van der Waals surface area contributed by atoms with Crippen LogP contribution >= 0.6 is 23.1 Å². The van der Waals surface area contributed by atoms with E-state index in [0.29, 0.717) is 4.91 Å². The molecular formula is C26H19N3S2. The van der Waals surface area contributed by atoms with Gasteiger partial charge in [0.15, 0.2) is 4.34 Å². The molecule has 3 aromatic carbocycles. The summed E-state index contributed by atoms with van der Waals surface area (Å²) in [7, 11) is 0. The maximum absolute atomic E-state index is 9.78. The molecule has 2 heterocycles. The van der Waals surface area contributed by atoms with Gasteiger partial charge in [0.2, 0.25) is 0 Å². The molecule has 0 aliphatic carbocycles. The van der Waals surface area contributed by atoms with Gasteiger partial charge >= 0.3 is 0 Å². The lowest BCUT2D eigenvalue weighted by atomic mass is 10.1. The van der Waals surface area contributed by atoms with Crippen LogP contribution in [0.15, 0.2) is 82.0 Å². The minimum Gasteiger partial charge on any atom is -0.317 e. The Kier molecular flexibility index (Phi) is 5.11. The number of rotatable bonds is 4. The van der Waals surface area contributed by atoms with Gasteiger partial charge in [-0.3, -0.25) is 0 Å². The quantitative estimate of drug-likeness (QED) is 0.216. The Balaban J connectivity index is 1.54. The molecule has 0 atom stereocenters. The van der Waals surface area contributed by atoms with E-state index in [1.165, 1.54) is 22.5 Å². The van der Waals surface area contributed by atoms with Gasteiger partial charge in [0.25, 0.3) is 0 Å². The zero-order valence-electron chi connectivity index (χ0n) is 17.2. The number of aryl methyl sites for hydroxylation is 1. The number of hydrogen-bond acceptors (Lipinski definition) is 4. The number of hydrogen-bond donors (Lipinski definition) is 0. The molecule has 0 unspecified atom stereocenters. The van der Waals surface area contributed by atoms with Crippen LogP contribution in [-0.2, 0) is 0 Å². The molecule has 3 nitrogen and oxygen atoms in total. The fourth-order valence-electron chi connectivity index (χ4n) is 3.92. The van der Waals surface area contributed by atoms with Crippen LogP contribution in [0.4, 0.5) is 0 Å². The lowest BCUT2D eigenvalue weighted by Crippen LogP contribution is -2.00. The molecule has 0 aliphatic rings. The van der Waals surface area contributed by atoms with Gasteiger partial charge in [0, 0.05) is 16.8 Å². The predicted octanol–water partition coefficient (Wildman–Crippen LogP) is 7.51. The van der Waals surface area contributed by atoms with E-state index in [1.807, 2.05) is 24.3 Å². The van der Waals surface area contributed by atoms with Crippen LogP contribution < -0.4 is 0 Å². The van der Waals surface area contributed by atoms with Crippen molar-refractivity contribution in [1.82, 2.24) is 9.55 Å². The normalized spacial score (nSPS) is 11.8. The van der Waals surface area contributed by atoms with Crippen LogP contribution in [-0.4, -0.2) is 9.55 Å². The van der Waals surface area contributed by atoms with Gasteiger partial charge in [-0.15, -0.1) is 11.3 Å². The molecule has 5 rings (SSSR count). The Morgan fingerprint density at radius 2 is 1.81 bits per heavy atom. The van der Waals surface area contributed by atoms with Crippen molar-refractivity contribution in [3.8, 4) is 11.8 Å². The van der Waals surface area contributed by atoms with Gasteiger partial charge in [0.05, 0.1) is 20.8 Å². The van der Waals surface area contributed by atoms with E-state index in [9.17, 15) is 5.26 Å². The van der Waals surface area contributed by atoms with Crippen molar-refractivity contribution < 1.29 is 0 Å². The first-order chi connectivity index (χ1) is 15.1. The molecule has 0 N–H and O–H groups in total. The minimum atomic E-state index is 0.636. The summed E-state index contributed by atoms with van der Waals surface area (Å²) in [5.41, 5.74) is 5.44. The molecule has 0 saturated carbocycles. The summed E-state index contributed by atoms with van der Waals surface area (Å²) < 4.78 is 4.29. The van der Waals surface area contributed by atoms with E-state index in [0.717, 1.165) is 37.2 Å². The fraction of sp³-hybridized carbons (Fsp3) is 0.0769. The van der Waals surface area contributed by atoms with Gasteiger partial charge in [-0.05, 0) is 66.9 Å². The zero-order valence-corrected chi connectivity index (χ0v) is 18.8. The topological polar surface area (TPSA) is 41.6 Å². The average Bonchev–Trinajstić information content (AvgIpc) is 3.32. The van der Waals surface area contributed by atoms with Gasteiger partial charge in [-0.2, -0.15) is 5.26 Å². The van der Waals surface area contributed by atoms with Gasteiger partial charge in [-0.1, -0.05) is 48.5 Å². The number of nitrogens with zero attached hydrogens (tertiary/aromatic N) is 3. The lowest BCUT2D eigenvalue weighted by Gasteiger charge is -2.13. The van der Waals surface area contributed by atoms with Crippen molar-refractivity contribution in [3.63, 3.8) is 0 Å². The smallest absolute Gasteiger partial charge is 0.156 e. The number of thiazole rings is 1. The molecule has 5 aromatic rings. The van der Waals surface area contributed by atoms with E-state index in [1.54, 1.807) is 11.3 Å². The summed E-state index contributed by atoms with van der Waals surface area (Å²) >= 11 is 3.05. The van der Waals surface area contributed by atoms with E-state index in [4.69, 9.17) is 0 Å². The number of allylic oxidation sites excluding steroid dienone is 1. The monoisotopic (exact) mass is 437 g/mol. The van der Waals surface area contributed by atoms with Gasteiger partial charge in [0.1, 0.15) is 6.07 Å². The zero-order chi connectivity index (χ0) is 21.4. The third-order valence-corrected chi connectivity index (χ3v) is 7.37. The maximum Gasteiger partial charge on any atom is 0.156 e. The van der Waals surface area contributed by atoms with Crippen LogP contribution in [0.1, 0.15) is 17.0 Å². The average molecular weight is 438 g/mol. The second kappa shape index (κ2) is 8.07. The first kappa shape index (κ1) is 19.6. The summed E-state index contributed by atoms with van der Waals surface area (Å²) in [5.74, 6) is 0. The van der Waals surface area contributed by atoms with Crippen LogP contribution in [0.5, 0.6) is 0 Å². The molecule has 0 aliphatic heterocycles. The summed E-state index contributed by atoms with van der Waals surface area (Å²) in [6.45, 7) is 4.22. The molecule has 0 bridgehead atoms. The van der Waals surface area contributed by atoms with Crippen molar-refractivity contribution in [2.75, 3.05) is 0 Å². The number of aromatic nitrogens is 2. The second-order valence-corrected chi connectivity index (χ2v) is 9.65. The largest absolute Gasteiger partial charge is 0.317 e. The number of benzene rings is 3. The first-order valence-corrected chi connectivity index (χ1v) is 11.6. The third kappa shape index (κ3) is 3.65. The van der Waals surface area contributed by atoms with E-state index >= 15 is 0 Å². The molecule has 0 spiro atoms. The molecule has 0 radical (unpaired) electrons. The maximum atomic E-state index is 9.78. The molecule has 150 valence electrons. The van der Waals surface area contributed by atoms with Crippen molar-refractivity contribution in [3.05, 3.63) is 94.7 Å². The highest BCUT2D eigenvalue weighted by Crippen LogP contribution is 2.35. The molecule has 31 heavy (non-hydrogen) atoms. The molecule has 0 fully saturated rings. The molecule has 2 aromatic heterocycles. The van der Waals surface area contributed by atoms with Crippen LogP contribution in [0.25, 0.3) is 32.8 Å². The Morgan fingerprint density at radius 3 is 2.65 bits per heavy atom. The molecule has 0 saturated heterocycles. The Hall–Kier alpha value is -3.33. The van der Waals surface area contributed by atoms with E-state index < -0.39 is 0 Å². The van der Waals surface area contributed by atoms with Crippen molar-refractivity contribution >= 4 is 50.2 Å². The first-order valence-electron chi connectivity index (χ1n) is 9.96. The number of para-hydroxylation sites is 1. The summed E-state index contributed by atoms with van der Waals surface area (Å²) in [4.78, 5) is 5.29. The standard InChI is InChI=1S/C26H19N3S2/c1-17-14-20(15-21(16-27)30-26-28-23-11-5-6-13-25(23)31-26)18(2)29(17)24-12-7-9-19-8-3-4-10-22(19)24/h3-15H,1-2H3/b21-15+. The minimum absolute atomic E-state index is 0.636. The van der Waals surface area contributed by atoms with Crippen LogP contribution in [0, 0.1) is 25.2 Å². The number of fused-ring (bicyclic) bond motifs is 2. The Bertz CT molecular complexity index is 1460. The molecular weight excluding hydrogens is 418 g/mol. The summed E-state index contributed by atoms with van der Waals surface area (Å²) in [6, 6.07) is 27.4. The number of thioether (sulfide) groups is 1. The van der Waals surface area contributed by atoms with Gasteiger partial charge in [-0.25, -0.2) is 4.98 Å². The lowest BCUT2D eigenvalue weighted by molar-refractivity contribution is 0.973. The summed E-state index contributed by atoms with van der Waals surface area (Å²) in [5, 5.41) is 12.2. The third-order valence-electron chi connectivity index (χ3n) is 5.35.